The molecule has 1 saturated heterocycles. The summed E-state index contributed by atoms with van der Waals surface area (Å²) in [5.41, 5.74) is 0.932. The molecule has 5 nitrogen and oxygen atoms in total. The molecule has 0 saturated carbocycles. The minimum Gasteiger partial charge on any atom is -0.372 e. The Labute approximate surface area is 124 Å². The molecular formula is C14H23N3O2S. The zero-order valence-electron chi connectivity index (χ0n) is 12.5. The van der Waals surface area contributed by atoms with Crippen molar-refractivity contribution in [3.63, 3.8) is 0 Å². The SMILES string of the molecule is CC1CN(C(=O)NCc2csc(C(C)C)n2)CC(C)O1. The number of urea groups is 1. The lowest BCUT2D eigenvalue weighted by molar-refractivity contribution is -0.0545. The Morgan fingerprint density at radius 2 is 2.15 bits per heavy atom. The molecule has 0 aliphatic carbocycles. The van der Waals surface area contributed by atoms with E-state index in [0.29, 0.717) is 25.6 Å². The van der Waals surface area contributed by atoms with Crippen LogP contribution in [0.25, 0.3) is 0 Å². The lowest BCUT2D eigenvalue weighted by Crippen LogP contribution is -2.51. The summed E-state index contributed by atoms with van der Waals surface area (Å²) in [6, 6.07) is -0.0360. The lowest BCUT2D eigenvalue weighted by atomic mass is 10.2. The quantitative estimate of drug-likeness (QED) is 0.933. The van der Waals surface area contributed by atoms with Gasteiger partial charge in [0.15, 0.2) is 0 Å². The molecule has 2 unspecified atom stereocenters. The molecule has 0 bridgehead atoms. The molecule has 6 heteroatoms. The van der Waals surface area contributed by atoms with Crippen molar-refractivity contribution < 1.29 is 9.53 Å². The number of amides is 2. The van der Waals surface area contributed by atoms with Crippen LogP contribution in [0.3, 0.4) is 0 Å². The first-order valence-electron chi connectivity index (χ1n) is 7.08. The van der Waals surface area contributed by atoms with Gasteiger partial charge in [0.05, 0.1) is 29.5 Å². The Morgan fingerprint density at radius 1 is 1.50 bits per heavy atom. The molecule has 1 aliphatic rings. The van der Waals surface area contributed by atoms with Gasteiger partial charge in [-0.05, 0) is 13.8 Å². The van der Waals surface area contributed by atoms with Crippen molar-refractivity contribution >= 4 is 17.4 Å². The van der Waals surface area contributed by atoms with Crippen molar-refractivity contribution in [3.8, 4) is 0 Å². The second-order valence-corrected chi connectivity index (χ2v) is 6.54. The first-order valence-corrected chi connectivity index (χ1v) is 7.96. The molecule has 2 amide bonds. The highest BCUT2D eigenvalue weighted by atomic mass is 32.1. The van der Waals surface area contributed by atoms with Crippen molar-refractivity contribution in [3.05, 3.63) is 16.1 Å². The zero-order valence-corrected chi connectivity index (χ0v) is 13.4. The van der Waals surface area contributed by atoms with E-state index in [0.717, 1.165) is 10.7 Å². The minimum atomic E-state index is -0.0360. The van der Waals surface area contributed by atoms with E-state index in [9.17, 15) is 4.79 Å². The fourth-order valence-electron chi connectivity index (χ4n) is 2.29. The van der Waals surface area contributed by atoms with Gasteiger partial charge in [0, 0.05) is 24.4 Å². The average molecular weight is 297 g/mol. The fraction of sp³-hybridized carbons (Fsp3) is 0.714. The van der Waals surface area contributed by atoms with Gasteiger partial charge in [-0.1, -0.05) is 13.8 Å². The maximum absolute atomic E-state index is 12.1. The van der Waals surface area contributed by atoms with E-state index in [1.165, 1.54) is 0 Å². The summed E-state index contributed by atoms with van der Waals surface area (Å²) in [7, 11) is 0. The zero-order chi connectivity index (χ0) is 14.7. The van der Waals surface area contributed by atoms with Crippen molar-refractivity contribution in [2.75, 3.05) is 13.1 Å². The van der Waals surface area contributed by atoms with Crippen LogP contribution in [-0.2, 0) is 11.3 Å². The number of ether oxygens (including phenoxy) is 1. The van der Waals surface area contributed by atoms with Crippen molar-refractivity contribution in [2.45, 2.75) is 52.4 Å². The topological polar surface area (TPSA) is 54.5 Å². The van der Waals surface area contributed by atoms with E-state index in [2.05, 4.69) is 24.1 Å². The van der Waals surface area contributed by atoms with Crippen LogP contribution in [-0.4, -0.2) is 41.2 Å². The minimum absolute atomic E-state index is 0.0360. The molecule has 0 spiro atoms. The van der Waals surface area contributed by atoms with Gasteiger partial charge in [0.25, 0.3) is 0 Å². The first-order chi connectivity index (χ1) is 9.45. The molecule has 112 valence electrons. The highest BCUT2D eigenvalue weighted by molar-refractivity contribution is 7.09. The first kappa shape index (κ1) is 15.3. The number of aromatic nitrogens is 1. The molecule has 0 aromatic carbocycles. The maximum Gasteiger partial charge on any atom is 0.317 e. The number of thiazole rings is 1. The Morgan fingerprint density at radius 3 is 2.70 bits per heavy atom. The van der Waals surface area contributed by atoms with Crippen LogP contribution in [0, 0.1) is 0 Å². The van der Waals surface area contributed by atoms with Gasteiger partial charge >= 0.3 is 6.03 Å². The monoisotopic (exact) mass is 297 g/mol. The summed E-state index contributed by atoms with van der Waals surface area (Å²) >= 11 is 1.65. The van der Waals surface area contributed by atoms with Crippen LogP contribution in [0.1, 0.15) is 44.3 Å². The van der Waals surface area contributed by atoms with Gasteiger partial charge in [-0.2, -0.15) is 0 Å². The third kappa shape index (κ3) is 3.93. The van der Waals surface area contributed by atoms with Gasteiger partial charge in [0.1, 0.15) is 0 Å². The summed E-state index contributed by atoms with van der Waals surface area (Å²) in [6.45, 7) is 10.0. The van der Waals surface area contributed by atoms with E-state index >= 15 is 0 Å². The Hall–Kier alpha value is -1.14. The van der Waals surface area contributed by atoms with Gasteiger partial charge in [-0.15, -0.1) is 11.3 Å². The molecule has 2 atom stereocenters. The van der Waals surface area contributed by atoms with Crippen LogP contribution >= 0.6 is 11.3 Å². The van der Waals surface area contributed by atoms with Gasteiger partial charge in [-0.25, -0.2) is 9.78 Å². The standard InChI is InChI=1S/C14H23N3O2S/c1-9(2)13-16-12(8-20-13)5-15-14(18)17-6-10(3)19-11(4)7-17/h8-11H,5-7H2,1-4H3,(H,15,18). The molecule has 1 N–H and O–H groups in total. The second kappa shape index (κ2) is 6.54. The highest BCUT2D eigenvalue weighted by Crippen LogP contribution is 2.19. The number of morpholine rings is 1. The van der Waals surface area contributed by atoms with Gasteiger partial charge < -0.3 is 15.0 Å². The highest BCUT2D eigenvalue weighted by Gasteiger charge is 2.25. The number of nitrogens with zero attached hydrogens (tertiary/aromatic N) is 2. The third-order valence-corrected chi connectivity index (χ3v) is 4.39. The molecule has 1 aliphatic heterocycles. The molecule has 0 radical (unpaired) electrons. The molecule has 2 rings (SSSR count). The number of carbonyl (C=O) groups excluding carboxylic acids is 1. The Balaban J connectivity index is 1.85. The largest absolute Gasteiger partial charge is 0.372 e. The van der Waals surface area contributed by atoms with E-state index in [1.807, 2.05) is 24.1 Å². The smallest absolute Gasteiger partial charge is 0.317 e. The van der Waals surface area contributed by atoms with Crippen molar-refractivity contribution in [2.24, 2.45) is 0 Å². The van der Waals surface area contributed by atoms with Crippen LogP contribution in [0.4, 0.5) is 4.79 Å². The predicted octanol–water partition coefficient (Wildman–Crippen LogP) is 2.59. The summed E-state index contributed by atoms with van der Waals surface area (Å²) in [5, 5.41) is 6.07. The predicted molar refractivity (Wildman–Crippen MR) is 80.0 cm³/mol. The van der Waals surface area contributed by atoms with Crippen LogP contribution in [0.5, 0.6) is 0 Å². The summed E-state index contributed by atoms with van der Waals surface area (Å²) in [5.74, 6) is 0.436. The average Bonchev–Trinajstić information content (AvgIpc) is 2.83. The summed E-state index contributed by atoms with van der Waals surface area (Å²) in [6.07, 6.45) is 0.188. The molecule has 1 aromatic rings. The molecule has 2 heterocycles. The molecule has 1 aromatic heterocycles. The Bertz CT molecular complexity index is 451. The van der Waals surface area contributed by atoms with E-state index in [4.69, 9.17) is 4.74 Å². The normalized spacial score (nSPS) is 23.1. The summed E-state index contributed by atoms with van der Waals surface area (Å²) < 4.78 is 5.63. The maximum atomic E-state index is 12.1. The van der Waals surface area contributed by atoms with E-state index in [1.54, 1.807) is 11.3 Å². The lowest BCUT2D eigenvalue weighted by Gasteiger charge is -2.35. The summed E-state index contributed by atoms with van der Waals surface area (Å²) in [4.78, 5) is 18.5. The number of carbonyl (C=O) groups is 1. The van der Waals surface area contributed by atoms with Gasteiger partial charge in [-0.3, -0.25) is 0 Å². The van der Waals surface area contributed by atoms with Crippen molar-refractivity contribution in [1.82, 2.24) is 15.2 Å². The van der Waals surface area contributed by atoms with Crippen molar-refractivity contribution in [1.29, 1.82) is 0 Å². The second-order valence-electron chi connectivity index (χ2n) is 5.65. The van der Waals surface area contributed by atoms with Crippen LogP contribution < -0.4 is 5.32 Å². The number of nitrogens with one attached hydrogen (secondary N) is 1. The number of hydrogen-bond donors (Lipinski definition) is 1. The van der Waals surface area contributed by atoms with E-state index < -0.39 is 0 Å². The van der Waals surface area contributed by atoms with Crippen LogP contribution in [0.2, 0.25) is 0 Å². The van der Waals surface area contributed by atoms with E-state index in [-0.39, 0.29) is 18.2 Å². The van der Waals surface area contributed by atoms with Gasteiger partial charge in [0.2, 0.25) is 0 Å². The Kier molecular flexibility index (Phi) is 4.99. The third-order valence-electron chi connectivity index (χ3n) is 3.19. The molecule has 20 heavy (non-hydrogen) atoms. The molecule has 1 fully saturated rings. The number of hydrogen-bond acceptors (Lipinski definition) is 4. The number of rotatable bonds is 3. The van der Waals surface area contributed by atoms with Crippen LogP contribution in [0.15, 0.2) is 5.38 Å². The fourth-order valence-corrected chi connectivity index (χ4v) is 3.13. The molecular weight excluding hydrogens is 274 g/mol.